The molecule has 0 saturated carbocycles. The van der Waals surface area contributed by atoms with Crippen LogP contribution in [-0.4, -0.2) is 4.98 Å². The molecule has 2 aromatic carbocycles. The van der Waals surface area contributed by atoms with Crippen LogP contribution < -0.4 is 5.73 Å². The summed E-state index contributed by atoms with van der Waals surface area (Å²) < 4.78 is 0. The molecule has 0 aliphatic heterocycles. The minimum atomic E-state index is 0.570. The molecule has 88 valence electrons. The number of para-hydroxylation sites is 1. The Balaban J connectivity index is 2.16. The average molecular weight is 255 g/mol. The lowest BCUT2D eigenvalue weighted by molar-refractivity contribution is 1.41. The summed E-state index contributed by atoms with van der Waals surface area (Å²) in [5, 5.41) is 1.68. The molecule has 3 heteroatoms. The quantitative estimate of drug-likeness (QED) is 0.663. The standard InChI is InChI=1S/C15H11ClN2/c16-13-8-10(5-6-14(13)17)12-7-11-3-1-2-4-15(11)18-9-12/h1-9H,17H2. The van der Waals surface area contributed by atoms with E-state index in [-0.39, 0.29) is 0 Å². The van der Waals surface area contributed by atoms with Crippen LogP contribution in [0.1, 0.15) is 0 Å². The summed E-state index contributed by atoms with van der Waals surface area (Å²) in [6, 6.07) is 15.8. The van der Waals surface area contributed by atoms with Gasteiger partial charge in [-0.2, -0.15) is 0 Å². The third-order valence-corrected chi connectivity index (χ3v) is 3.25. The molecular formula is C15H11ClN2. The largest absolute Gasteiger partial charge is 0.398 e. The first kappa shape index (κ1) is 11.1. The maximum absolute atomic E-state index is 6.04. The van der Waals surface area contributed by atoms with Gasteiger partial charge in [0.2, 0.25) is 0 Å². The zero-order valence-electron chi connectivity index (χ0n) is 9.60. The Morgan fingerprint density at radius 1 is 0.944 bits per heavy atom. The fourth-order valence-corrected chi connectivity index (χ4v) is 2.12. The van der Waals surface area contributed by atoms with Gasteiger partial charge in [-0.25, -0.2) is 0 Å². The second-order valence-electron chi connectivity index (χ2n) is 4.15. The normalized spacial score (nSPS) is 10.7. The van der Waals surface area contributed by atoms with Crippen molar-refractivity contribution in [2.75, 3.05) is 5.73 Å². The molecule has 0 fully saturated rings. The molecule has 1 aromatic heterocycles. The highest BCUT2D eigenvalue weighted by Crippen LogP contribution is 2.28. The highest BCUT2D eigenvalue weighted by Gasteiger charge is 2.03. The van der Waals surface area contributed by atoms with Gasteiger partial charge in [-0.05, 0) is 29.8 Å². The smallest absolute Gasteiger partial charge is 0.0702 e. The van der Waals surface area contributed by atoms with Crippen molar-refractivity contribution in [3.05, 3.63) is 59.8 Å². The molecule has 0 saturated heterocycles. The van der Waals surface area contributed by atoms with E-state index < -0.39 is 0 Å². The van der Waals surface area contributed by atoms with E-state index in [1.165, 1.54) is 0 Å². The minimum absolute atomic E-state index is 0.570. The number of halogens is 1. The number of anilines is 1. The summed E-state index contributed by atoms with van der Waals surface area (Å²) in [6.45, 7) is 0. The molecule has 0 bridgehead atoms. The minimum Gasteiger partial charge on any atom is -0.398 e. The summed E-state index contributed by atoms with van der Waals surface area (Å²) in [6.07, 6.45) is 1.85. The first-order valence-electron chi connectivity index (χ1n) is 5.64. The van der Waals surface area contributed by atoms with Gasteiger partial charge in [-0.15, -0.1) is 0 Å². The SMILES string of the molecule is Nc1ccc(-c2cnc3ccccc3c2)cc1Cl. The van der Waals surface area contributed by atoms with Crippen molar-refractivity contribution in [1.29, 1.82) is 0 Å². The molecule has 0 aliphatic carbocycles. The number of pyridine rings is 1. The van der Waals surface area contributed by atoms with Gasteiger partial charge < -0.3 is 5.73 Å². The van der Waals surface area contributed by atoms with Crippen LogP contribution in [0, 0.1) is 0 Å². The van der Waals surface area contributed by atoms with Crippen LogP contribution in [0.2, 0.25) is 5.02 Å². The van der Waals surface area contributed by atoms with E-state index in [1.54, 1.807) is 0 Å². The molecule has 0 amide bonds. The van der Waals surface area contributed by atoms with Gasteiger partial charge in [0, 0.05) is 17.1 Å². The number of fused-ring (bicyclic) bond motifs is 1. The van der Waals surface area contributed by atoms with Crippen LogP contribution in [0.3, 0.4) is 0 Å². The van der Waals surface area contributed by atoms with E-state index in [4.69, 9.17) is 17.3 Å². The van der Waals surface area contributed by atoms with Crippen molar-refractivity contribution in [2.45, 2.75) is 0 Å². The number of aromatic nitrogens is 1. The Bertz CT molecular complexity index is 723. The van der Waals surface area contributed by atoms with Crippen molar-refractivity contribution >= 4 is 28.2 Å². The molecule has 0 atom stereocenters. The van der Waals surface area contributed by atoms with E-state index in [0.29, 0.717) is 10.7 Å². The fraction of sp³-hybridized carbons (Fsp3) is 0. The molecule has 0 radical (unpaired) electrons. The predicted octanol–water partition coefficient (Wildman–Crippen LogP) is 4.14. The first-order chi connectivity index (χ1) is 8.74. The molecule has 0 aliphatic rings. The number of nitrogens with zero attached hydrogens (tertiary/aromatic N) is 1. The number of rotatable bonds is 1. The third-order valence-electron chi connectivity index (χ3n) is 2.92. The van der Waals surface area contributed by atoms with Crippen molar-refractivity contribution in [2.24, 2.45) is 0 Å². The number of benzene rings is 2. The zero-order valence-corrected chi connectivity index (χ0v) is 10.4. The molecule has 3 aromatic rings. The molecule has 0 unspecified atom stereocenters. The van der Waals surface area contributed by atoms with Crippen LogP contribution >= 0.6 is 11.6 Å². The van der Waals surface area contributed by atoms with Crippen molar-refractivity contribution in [3.8, 4) is 11.1 Å². The van der Waals surface area contributed by atoms with E-state index in [1.807, 2.05) is 48.7 Å². The van der Waals surface area contributed by atoms with E-state index in [0.717, 1.165) is 22.0 Å². The van der Waals surface area contributed by atoms with Gasteiger partial charge in [0.1, 0.15) is 0 Å². The van der Waals surface area contributed by atoms with E-state index in [9.17, 15) is 0 Å². The van der Waals surface area contributed by atoms with Crippen LogP contribution in [0.25, 0.3) is 22.0 Å². The second kappa shape index (κ2) is 4.31. The first-order valence-corrected chi connectivity index (χ1v) is 6.02. The monoisotopic (exact) mass is 254 g/mol. The van der Waals surface area contributed by atoms with Gasteiger partial charge >= 0.3 is 0 Å². The van der Waals surface area contributed by atoms with Gasteiger partial charge in [-0.3, -0.25) is 4.98 Å². The Kier molecular flexibility index (Phi) is 2.65. The second-order valence-corrected chi connectivity index (χ2v) is 4.56. The Hall–Kier alpha value is -2.06. The fourth-order valence-electron chi connectivity index (χ4n) is 1.94. The predicted molar refractivity (Wildman–Crippen MR) is 76.6 cm³/mol. The van der Waals surface area contributed by atoms with E-state index in [2.05, 4.69) is 11.1 Å². The van der Waals surface area contributed by atoms with Gasteiger partial charge in [0.25, 0.3) is 0 Å². The molecule has 2 N–H and O–H groups in total. The molecule has 2 nitrogen and oxygen atoms in total. The van der Waals surface area contributed by atoms with Crippen LogP contribution in [0.15, 0.2) is 54.7 Å². The lowest BCUT2D eigenvalue weighted by Gasteiger charge is -2.05. The van der Waals surface area contributed by atoms with Crippen molar-refractivity contribution in [1.82, 2.24) is 4.98 Å². The third kappa shape index (κ3) is 1.91. The Morgan fingerprint density at radius 2 is 1.78 bits per heavy atom. The number of nitrogens with two attached hydrogens (primary N) is 1. The topological polar surface area (TPSA) is 38.9 Å². The van der Waals surface area contributed by atoms with Crippen molar-refractivity contribution in [3.63, 3.8) is 0 Å². The summed E-state index contributed by atoms with van der Waals surface area (Å²) in [4.78, 5) is 4.44. The molecule has 1 heterocycles. The summed E-state index contributed by atoms with van der Waals surface area (Å²) >= 11 is 6.04. The highest BCUT2D eigenvalue weighted by atomic mass is 35.5. The number of hydrogen-bond donors (Lipinski definition) is 1. The summed E-state index contributed by atoms with van der Waals surface area (Å²) in [5.74, 6) is 0. The molecule has 18 heavy (non-hydrogen) atoms. The van der Waals surface area contributed by atoms with Crippen molar-refractivity contribution < 1.29 is 0 Å². The number of nitrogen functional groups attached to an aromatic ring is 1. The summed E-state index contributed by atoms with van der Waals surface area (Å²) in [5.41, 5.74) is 9.35. The molecule has 3 rings (SSSR count). The lowest BCUT2D eigenvalue weighted by atomic mass is 10.1. The van der Waals surface area contributed by atoms with Crippen LogP contribution in [0.5, 0.6) is 0 Å². The number of hydrogen-bond acceptors (Lipinski definition) is 2. The van der Waals surface area contributed by atoms with Gasteiger partial charge in [-0.1, -0.05) is 35.9 Å². The van der Waals surface area contributed by atoms with E-state index >= 15 is 0 Å². The Labute approximate surface area is 110 Å². The highest BCUT2D eigenvalue weighted by molar-refractivity contribution is 6.33. The maximum atomic E-state index is 6.04. The van der Waals surface area contributed by atoms with Gasteiger partial charge in [0.15, 0.2) is 0 Å². The average Bonchev–Trinajstić information content (AvgIpc) is 2.41. The van der Waals surface area contributed by atoms with Crippen LogP contribution in [0.4, 0.5) is 5.69 Å². The summed E-state index contributed by atoms with van der Waals surface area (Å²) in [7, 11) is 0. The molecule has 0 spiro atoms. The Morgan fingerprint density at radius 3 is 2.61 bits per heavy atom. The lowest BCUT2D eigenvalue weighted by Crippen LogP contribution is -1.87. The maximum Gasteiger partial charge on any atom is 0.0702 e. The van der Waals surface area contributed by atoms with Crippen LogP contribution in [-0.2, 0) is 0 Å². The molecular weight excluding hydrogens is 244 g/mol. The zero-order chi connectivity index (χ0) is 12.5. The van der Waals surface area contributed by atoms with Gasteiger partial charge in [0.05, 0.1) is 16.2 Å².